The molecular formula is C11H10O2. The number of rotatable bonds is 0. The number of benzene rings is 1. The second-order valence-electron chi connectivity index (χ2n) is 3.14. The van der Waals surface area contributed by atoms with Gasteiger partial charge in [-0.1, -0.05) is 24.3 Å². The van der Waals surface area contributed by atoms with E-state index in [1.165, 1.54) is 0 Å². The van der Waals surface area contributed by atoms with Crippen LogP contribution >= 0.6 is 0 Å². The number of aliphatic hydroxyl groups is 1. The molecule has 2 nitrogen and oxygen atoms in total. The molecule has 1 aliphatic carbocycles. The zero-order chi connectivity index (χ0) is 9.26. The molecule has 0 fully saturated rings. The number of Topliss-reactive ketones (excluding diaryl/α,β-unsaturated/α-hetero) is 1. The maximum absolute atomic E-state index is 11.6. The van der Waals surface area contributed by atoms with Crippen LogP contribution in [0.15, 0.2) is 36.1 Å². The van der Waals surface area contributed by atoms with Gasteiger partial charge in [-0.15, -0.1) is 0 Å². The Balaban J connectivity index is 2.51. The standard InChI is InChI=1S/C11H10O2/c12-7-9-6-5-8-3-1-2-4-10(8)11(9)13/h1-4,7,12H,5-6H2/b9-7+. The summed E-state index contributed by atoms with van der Waals surface area (Å²) in [7, 11) is 0. The lowest BCUT2D eigenvalue weighted by Gasteiger charge is -2.15. The number of hydrogen-bond acceptors (Lipinski definition) is 2. The zero-order valence-corrected chi connectivity index (χ0v) is 7.16. The van der Waals surface area contributed by atoms with E-state index in [0.29, 0.717) is 12.0 Å². The van der Waals surface area contributed by atoms with Crippen molar-refractivity contribution < 1.29 is 9.90 Å². The van der Waals surface area contributed by atoms with Gasteiger partial charge in [-0.3, -0.25) is 4.79 Å². The third-order valence-electron chi connectivity index (χ3n) is 2.37. The summed E-state index contributed by atoms with van der Waals surface area (Å²) in [4.78, 5) is 11.6. The van der Waals surface area contributed by atoms with E-state index in [2.05, 4.69) is 0 Å². The van der Waals surface area contributed by atoms with E-state index in [0.717, 1.165) is 23.8 Å². The molecule has 1 aliphatic rings. The number of ketones is 1. The fourth-order valence-corrected chi connectivity index (χ4v) is 1.64. The Labute approximate surface area is 76.5 Å². The molecule has 13 heavy (non-hydrogen) atoms. The molecular weight excluding hydrogens is 164 g/mol. The molecule has 0 aliphatic heterocycles. The van der Waals surface area contributed by atoms with E-state index in [-0.39, 0.29) is 5.78 Å². The van der Waals surface area contributed by atoms with Gasteiger partial charge in [-0.25, -0.2) is 0 Å². The molecule has 0 bridgehead atoms. The number of hydrogen-bond donors (Lipinski definition) is 1. The molecule has 2 rings (SSSR count). The summed E-state index contributed by atoms with van der Waals surface area (Å²) in [5, 5.41) is 8.80. The summed E-state index contributed by atoms with van der Waals surface area (Å²) in [6, 6.07) is 7.54. The highest BCUT2D eigenvalue weighted by Crippen LogP contribution is 2.24. The largest absolute Gasteiger partial charge is 0.515 e. The third-order valence-corrected chi connectivity index (χ3v) is 2.37. The Morgan fingerprint density at radius 2 is 2.00 bits per heavy atom. The molecule has 1 aromatic rings. The summed E-state index contributed by atoms with van der Waals surface area (Å²) >= 11 is 0. The SMILES string of the molecule is O=C1/C(=C/O)CCc2ccccc21. The summed E-state index contributed by atoms with van der Waals surface area (Å²) < 4.78 is 0. The van der Waals surface area contributed by atoms with Crippen molar-refractivity contribution in [3.8, 4) is 0 Å². The number of allylic oxidation sites excluding steroid dienone is 1. The molecule has 0 heterocycles. The van der Waals surface area contributed by atoms with Crippen LogP contribution in [0, 0.1) is 0 Å². The lowest BCUT2D eigenvalue weighted by atomic mass is 9.88. The van der Waals surface area contributed by atoms with Crippen molar-refractivity contribution in [3.63, 3.8) is 0 Å². The van der Waals surface area contributed by atoms with Crippen LogP contribution in [0.25, 0.3) is 0 Å². The average molecular weight is 174 g/mol. The average Bonchev–Trinajstić information content (AvgIpc) is 2.19. The highest BCUT2D eigenvalue weighted by molar-refractivity contribution is 6.10. The first-order valence-electron chi connectivity index (χ1n) is 4.29. The normalized spacial score (nSPS) is 18.8. The van der Waals surface area contributed by atoms with Gasteiger partial charge in [0.2, 0.25) is 0 Å². The molecule has 1 aromatic carbocycles. The number of aliphatic hydroxyl groups excluding tert-OH is 1. The van der Waals surface area contributed by atoms with Crippen molar-refractivity contribution in [1.82, 2.24) is 0 Å². The van der Waals surface area contributed by atoms with E-state index in [1.54, 1.807) is 6.07 Å². The van der Waals surface area contributed by atoms with Crippen molar-refractivity contribution in [1.29, 1.82) is 0 Å². The molecule has 0 saturated carbocycles. The predicted molar refractivity (Wildman–Crippen MR) is 49.8 cm³/mol. The van der Waals surface area contributed by atoms with Gasteiger partial charge in [0.1, 0.15) is 0 Å². The van der Waals surface area contributed by atoms with Gasteiger partial charge in [0.15, 0.2) is 5.78 Å². The molecule has 0 saturated heterocycles. The van der Waals surface area contributed by atoms with Crippen LogP contribution in [0.3, 0.4) is 0 Å². The topological polar surface area (TPSA) is 37.3 Å². The fraction of sp³-hybridized carbons (Fsp3) is 0.182. The minimum atomic E-state index is -0.0376. The van der Waals surface area contributed by atoms with Crippen LogP contribution in [-0.2, 0) is 6.42 Å². The maximum atomic E-state index is 11.6. The quantitative estimate of drug-likeness (QED) is 0.484. The Morgan fingerprint density at radius 3 is 2.77 bits per heavy atom. The van der Waals surface area contributed by atoms with Crippen LogP contribution in [0.2, 0.25) is 0 Å². The second kappa shape index (κ2) is 3.05. The van der Waals surface area contributed by atoms with E-state index in [1.807, 2.05) is 18.2 Å². The second-order valence-corrected chi connectivity index (χ2v) is 3.14. The minimum absolute atomic E-state index is 0.0376. The third kappa shape index (κ3) is 1.24. The van der Waals surface area contributed by atoms with Gasteiger partial charge in [-0.2, -0.15) is 0 Å². The van der Waals surface area contributed by atoms with Crippen LogP contribution in [0.4, 0.5) is 0 Å². The van der Waals surface area contributed by atoms with E-state index in [9.17, 15) is 4.79 Å². The van der Waals surface area contributed by atoms with Gasteiger partial charge >= 0.3 is 0 Å². The van der Waals surface area contributed by atoms with E-state index >= 15 is 0 Å². The van der Waals surface area contributed by atoms with Crippen molar-refractivity contribution in [2.45, 2.75) is 12.8 Å². The smallest absolute Gasteiger partial charge is 0.192 e. The Hall–Kier alpha value is -1.57. The molecule has 0 atom stereocenters. The molecule has 0 amide bonds. The zero-order valence-electron chi connectivity index (χ0n) is 7.16. The monoisotopic (exact) mass is 174 g/mol. The maximum Gasteiger partial charge on any atom is 0.192 e. The Bertz CT molecular complexity index is 377. The molecule has 0 unspecified atom stereocenters. The van der Waals surface area contributed by atoms with Gasteiger partial charge in [0.25, 0.3) is 0 Å². The van der Waals surface area contributed by atoms with E-state index < -0.39 is 0 Å². The van der Waals surface area contributed by atoms with Crippen molar-refractivity contribution in [2.75, 3.05) is 0 Å². The van der Waals surface area contributed by atoms with Crippen molar-refractivity contribution in [3.05, 3.63) is 47.2 Å². The molecule has 66 valence electrons. The fourth-order valence-electron chi connectivity index (χ4n) is 1.64. The molecule has 0 spiro atoms. The van der Waals surface area contributed by atoms with Gasteiger partial charge in [0.05, 0.1) is 6.26 Å². The summed E-state index contributed by atoms with van der Waals surface area (Å²) in [5.41, 5.74) is 2.32. The lowest BCUT2D eigenvalue weighted by molar-refractivity contribution is 0.102. The first-order valence-corrected chi connectivity index (χ1v) is 4.29. The Kier molecular flexibility index (Phi) is 1.89. The Morgan fingerprint density at radius 1 is 1.23 bits per heavy atom. The summed E-state index contributed by atoms with van der Waals surface area (Å²) in [5.74, 6) is -0.0376. The first kappa shape index (κ1) is 8.05. The van der Waals surface area contributed by atoms with Crippen LogP contribution < -0.4 is 0 Å². The lowest BCUT2D eigenvalue weighted by Crippen LogP contribution is -2.13. The first-order chi connectivity index (χ1) is 6.33. The summed E-state index contributed by atoms with van der Waals surface area (Å²) in [6.07, 6.45) is 2.42. The van der Waals surface area contributed by atoms with Crippen molar-refractivity contribution in [2.24, 2.45) is 0 Å². The van der Waals surface area contributed by atoms with Crippen LogP contribution in [0.1, 0.15) is 22.3 Å². The highest BCUT2D eigenvalue weighted by Gasteiger charge is 2.20. The molecule has 0 aromatic heterocycles. The van der Waals surface area contributed by atoms with E-state index in [4.69, 9.17) is 5.11 Å². The van der Waals surface area contributed by atoms with Crippen molar-refractivity contribution >= 4 is 5.78 Å². The predicted octanol–water partition coefficient (Wildman–Crippen LogP) is 2.26. The number of fused-ring (bicyclic) bond motifs is 1. The molecule has 0 radical (unpaired) electrons. The number of aryl methyl sites for hydroxylation is 1. The van der Waals surface area contributed by atoms with Gasteiger partial charge in [-0.05, 0) is 18.4 Å². The molecule has 1 N–H and O–H groups in total. The minimum Gasteiger partial charge on any atom is -0.515 e. The molecule has 2 heteroatoms. The number of carbonyl (C=O) groups is 1. The summed E-state index contributed by atoms with van der Waals surface area (Å²) in [6.45, 7) is 0. The van der Waals surface area contributed by atoms with Crippen LogP contribution in [0.5, 0.6) is 0 Å². The van der Waals surface area contributed by atoms with Gasteiger partial charge in [0, 0.05) is 11.1 Å². The number of carbonyl (C=O) groups excluding carboxylic acids is 1. The highest BCUT2D eigenvalue weighted by atomic mass is 16.2. The van der Waals surface area contributed by atoms with Crippen LogP contribution in [-0.4, -0.2) is 10.9 Å². The van der Waals surface area contributed by atoms with Gasteiger partial charge < -0.3 is 5.11 Å².